The van der Waals surface area contributed by atoms with Crippen LogP contribution in [0.25, 0.3) is 0 Å². The lowest BCUT2D eigenvalue weighted by Crippen LogP contribution is -2.22. The first-order valence-corrected chi connectivity index (χ1v) is 3.60. The zero-order valence-electron chi connectivity index (χ0n) is 7.07. The molecule has 64 valence electrons. The fourth-order valence-electron chi connectivity index (χ4n) is 0.947. The van der Waals surface area contributed by atoms with Crippen molar-refractivity contribution < 1.29 is 4.79 Å². The van der Waals surface area contributed by atoms with Crippen LogP contribution >= 0.6 is 0 Å². The van der Waals surface area contributed by atoms with Gasteiger partial charge < -0.3 is 4.57 Å². The van der Waals surface area contributed by atoms with Crippen molar-refractivity contribution in [2.24, 2.45) is 7.05 Å². The molecule has 0 saturated heterocycles. The van der Waals surface area contributed by atoms with E-state index in [0.29, 0.717) is 5.56 Å². The Morgan fingerprint density at radius 1 is 1.67 bits per heavy atom. The van der Waals surface area contributed by atoms with E-state index in [1.54, 1.807) is 7.05 Å². The standard InChI is InChI=1S/C8H10N2O2/c1-6(11)3-7-4-9-5-10(2)8(7)12/h4-5H,3H2,1-2H3. The largest absolute Gasteiger partial charge is 0.302 e. The highest BCUT2D eigenvalue weighted by molar-refractivity contribution is 5.77. The lowest BCUT2D eigenvalue weighted by molar-refractivity contribution is -0.116. The number of rotatable bonds is 2. The third kappa shape index (κ3) is 1.78. The number of aryl methyl sites for hydroxylation is 1. The maximum atomic E-state index is 11.3. The van der Waals surface area contributed by atoms with E-state index in [9.17, 15) is 9.59 Å². The smallest absolute Gasteiger partial charge is 0.256 e. The Balaban J connectivity index is 3.09. The van der Waals surface area contributed by atoms with Crippen molar-refractivity contribution in [2.45, 2.75) is 13.3 Å². The van der Waals surface area contributed by atoms with E-state index < -0.39 is 0 Å². The van der Waals surface area contributed by atoms with Crippen LogP contribution in [0.4, 0.5) is 0 Å². The molecule has 0 unspecified atom stereocenters. The molecule has 0 aliphatic rings. The lowest BCUT2D eigenvalue weighted by atomic mass is 10.2. The Labute approximate surface area is 69.9 Å². The summed E-state index contributed by atoms with van der Waals surface area (Å²) in [7, 11) is 1.61. The van der Waals surface area contributed by atoms with Crippen LogP contribution in [-0.4, -0.2) is 15.3 Å². The molecule has 1 rings (SSSR count). The quantitative estimate of drug-likeness (QED) is 0.617. The summed E-state index contributed by atoms with van der Waals surface area (Å²) in [4.78, 5) is 25.8. The van der Waals surface area contributed by atoms with Gasteiger partial charge in [-0.1, -0.05) is 0 Å². The van der Waals surface area contributed by atoms with Crippen molar-refractivity contribution in [1.82, 2.24) is 9.55 Å². The maximum absolute atomic E-state index is 11.3. The Morgan fingerprint density at radius 2 is 2.33 bits per heavy atom. The normalized spacial score (nSPS) is 9.83. The van der Waals surface area contributed by atoms with Gasteiger partial charge in [0.2, 0.25) is 0 Å². The molecule has 0 fully saturated rings. The highest BCUT2D eigenvalue weighted by Gasteiger charge is 2.03. The fraction of sp³-hybridized carbons (Fsp3) is 0.375. The molecule has 0 radical (unpaired) electrons. The second-order valence-electron chi connectivity index (χ2n) is 2.71. The molecule has 4 heteroatoms. The van der Waals surface area contributed by atoms with E-state index in [0.717, 1.165) is 0 Å². The van der Waals surface area contributed by atoms with Gasteiger partial charge in [-0.3, -0.25) is 9.59 Å². The average Bonchev–Trinajstić information content (AvgIpc) is 1.98. The number of hydrogen-bond acceptors (Lipinski definition) is 3. The Kier molecular flexibility index (Phi) is 2.38. The van der Waals surface area contributed by atoms with Crippen LogP contribution in [0.1, 0.15) is 12.5 Å². The molecule has 0 spiro atoms. The van der Waals surface area contributed by atoms with Crippen molar-refractivity contribution in [3.05, 3.63) is 28.4 Å². The van der Waals surface area contributed by atoms with Crippen molar-refractivity contribution >= 4 is 5.78 Å². The summed E-state index contributed by atoms with van der Waals surface area (Å²) in [6, 6.07) is 0. The molecule has 0 aliphatic heterocycles. The number of Topliss-reactive ketones (excluding diaryl/α,β-unsaturated/α-hetero) is 1. The summed E-state index contributed by atoms with van der Waals surface area (Å²) in [6.45, 7) is 1.45. The molecule has 0 saturated carbocycles. The summed E-state index contributed by atoms with van der Waals surface area (Å²) in [5.41, 5.74) is 0.299. The predicted molar refractivity (Wildman–Crippen MR) is 43.9 cm³/mol. The van der Waals surface area contributed by atoms with Crippen molar-refractivity contribution in [3.63, 3.8) is 0 Å². The third-order valence-electron chi connectivity index (χ3n) is 1.50. The first-order valence-electron chi connectivity index (χ1n) is 3.60. The van der Waals surface area contributed by atoms with Gasteiger partial charge in [0.1, 0.15) is 5.78 Å². The molecule has 0 N–H and O–H groups in total. The van der Waals surface area contributed by atoms with Gasteiger partial charge in [-0.25, -0.2) is 4.98 Å². The van der Waals surface area contributed by atoms with Gasteiger partial charge in [-0.15, -0.1) is 0 Å². The SMILES string of the molecule is CC(=O)Cc1cncn(C)c1=O. The fourth-order valence-corrected chi connectivity index (χ4v) is 0.947. The van der Waals surface area contributed by atoms with Gasteiger partial charge >= 0.3 is 0 Å². The maximum Gasteiger partial charge on any atom is 0.256 e. The van der Waals surface area contributed by atoms with Crippen LogP contribution in [0.15, 0.2) is 17.3 Å². The third-order valence-corrected chi connectivity index (χ3v) is 1.50. The molecule has 1 aromatic heterocycles. The number of nitrogens with zero attached hydrogens (tertiary/aromatic N) is 2. The summed E-state index contributed by atoms with van der Waals surface area (Å²) in [6.07, 6.45) is 3.02. The summed E-state index contributed by atoms with van der Waals surface area (Å²) in [5, 5.41) is 0. The minimum atomic E-state index is -0.153. The van der Waals surface area contributed by atoms with Gasteiger partial charge in [0.25, 0.3) is 5.56 Å². The van der Waals surface area contributed by atoms with Crippen LogP contribution in [0, 0.1) is 0 Å². The number of carbonyl (C=O) groups excluding carboxylic acids is 1. The van der Waals surface area contributed by atoms with Gasteiger partial charge in [-0.2, -0.15) is 0 Å². The molecule has 0 atom stereocenters. The molecule has 4 nitrogen and oxygen atoms in total. The van der Waals surface area contributed by atoms with Gasteiger partial charge in [0.05, 0.1) is 6.33 Å². The summed E-state index contributed by atoms with van der Waals surface area (Å²) >= 11 is 0. The van der Waals surface area contributed by atoms with E-state index in [4.69, 9.17) is 0 Å². The second kappa shape index (κ2) is 3.30. The molecule has 0 aromatic carbocycles. The summed E-state index contributed by atoms with van der Waals surface area (Å²) in [5.74, 6) is -0.0277. The zero-order valence-corrected chi connectivity index (χ0v) is 7.07. The van der Waals surface area contributed by atoms with E-state index in [1.807, 2.05) is 0 Å². The summed E-state index contributed by atoms with van der Waals surface area (Å²) < 4.78 is 1.36. The molecule has 0 bridgehead atoms. The molecular formula is C8H10N2O2. The molecule has 1 aromatic rings. The Hall–Kier alpha value is -1.45. The van der Waals surface area contributed by atoms with Crippen LogP contribution in [0.2, 0.25) is 0 Å². The van der Waals surface area contributed by atoms with Crippen LogP contribution in [0.3, 0.4) is 0 Å². The highest BCUT2D eigenvalue weighted by atomic mass is 16.1. The number of hydrogen-bond donors (Lipinski definition) is 0. The van der Waals surface area contributed by atoms with Gasteiger partial charge in [0.15, 0.2) is 0 Å². The van der Waals surface area contributed by atoms with Crippen molar-refractivity contribution in [2.75, 3.05) is 0 Å². The van der Waals surface area contributed by atoms with Crippen LogP contribution < -0.4 is 5.56 Å². The van der Waals surface area contributed by atoms with E-state index in [1.165, 1.54) is 24.0 Å². The minimum absolute atomic E-state index is 0.0277. The number of aromatic nitrogens is 2. The Bertz CT molecular complexity index is 354. The number of ketones is 1. The predicted octanol–water partition coefficient (Wildman–Crippen LogP) is -0.0882. The van der Waals surface area contributed by atoms with Crippen molar-refractivity contribution in [3.8, 4) is 0 Å². The number of carbonyl (C=O) groups is 1. The molecule has 1 heterocycles. The molecular weight excluding hydrogens is 156 g/mol. The topological polar surface area (TPSA) is 52.0 Å². The van der Waals surface area contributed by atoms with E-state index >= 15 is 0 Å². The lowest BCUT2D eigenvalue weighted by Gasteiger charge is -1.98. The first-order chi connectivity index (χ1) is 5.61. The van der Waals surface area contributed by atoms with Gasteiger partial charge in [0, 0.05) is 25.2 Å². The molecule has 0 amide bonds. The monoisotopic (exact) mass is 166 g/mol. The minimum Gasteiger partial charge on any atom is -0.302 e. The Morgan fingerprint density at radius 3 is 2.92 bits per heavy atom. The van der Waals surface area contributed by atoms with E-state index in [2.05, 4.69) is 4.98 Å². The van der Waals surface area contributed by atoms with Gasteiger partial charge in [-0.05, 0) is 6.92 Å². The highest BCUT2D eigenvalue weighted by Crippen LogP contribution is 1.89. The van der Waals surface area contributed by atoms with Crippen LogP contribution in [0.5, 0.6) is 0 Å². The average molecular weight is 166 g/mol. The van der Waals surface area contributed by atoms with Crippen LogP contribution in [-0.2, 0) is 18.3 Å². The molecule has 0 aliphatic carbocycles. The zero-order chi connectivity index (χ0) is 9.14. The van der Waals surface area contributed by atoms with E-state index in [-0.39, 0.29) is 17.8 Å². The van der Waals surface area contributed by atoms with Crippen molar-refractivity contribution in [1.29, 1.82) is 0 Å². The molecule has 12 heavy (non-hydrogen) atoms. The second-order valence-corrected chi connectivity index (χ2v) is 2.71. The first kappa shape index (κ1) is 8.64.